The lowest BCUT2D eigenvalue weighted by Gasteiger charge is -2.29. The fourth-order valence-corrected chi connectivity index (χ4v) is 15.2. The molecule has 5 aromatic rings. The number of fused-ring (bicyclic) bond motifs is 4. The molecule has 512 valence electrons. The fourth-order valence-electron chi connectivity index (χ4n) is 10.3. The second-order valence-corrected chi connectivity index (χ2v) is 30.2. The Morgan fingerprint density at radius 3 is 2.05 bits per heavy atom. The van der Waals surface area contributed by atoms with E-state index in [0.717, 1.165) is 58.7 Å². The quantitative estimate of drug-likeness (QED) is 0.0139. The Morgan fingerprint density at radius 2 is 1.41 bits per heavy atom. The van der Waals surface area contributed by atoms with Crippen molar-refractivity contribution in [3.05, 3.63) is 55.1 Å². The monoisotopic (exact) mass is 1430 g/mol. The molecule has 0 saturated carbocycles. The number of hydrogen-bond donors (Lipinski definition) is 8. The molecule has 9 rings (SSSR count). The summed E-state index contributed by atoms with van der Waals surface area (Å²) in [6, 6.07) is 4.92. The summed E-state index contributed by atoms with van der Waals surface area (Å²) in [5, 5.41) is 15.9. The molecule has 4 aliphatic heterocycles. The number of nitrogens with one attached hydrogen (secondary N) is 4. The fraction of sp³-hybridized carbons (Fsp3) is 0.574. The third kappa shape index (κ3) is 19.7. The normalized spacial score (nSPS) is 25.4. The minimum atomic E-state index is -4.42. The summed E-state index contributed by atoms with van der Waals surface area (Å²) >= 11 is 14.1. The average Bonchev–Trinajstić information content (AvgIpc) is 1.62. The number of anilines is 3. The number of primary amides is 1. The third-order valence-corrected chi connectivity index (χ3v) is 20.5. The highest BCUT2D eigenvalue weighted by atomic mass is 32.5. The largest absolute Gasteiger partial charge is 0.461 e. The van der Waals surface area contributed by atoms with Gasteiger partial charge in [0.2, 0.25) is 11.8 Å². The van der Waals surface area contributed by atoms with Crippen LogP contribution in [0.3, 0.4) is 0 Å². The molecule has 0 bridgehead atoms. The van der Waals surface area contributed by atoms with Crippen LogP contribution in [0.1, 0.15) is 89.7 Å². The first kappa shape index (κ1) is 72.0. The lowest BCUT2D eigenvalue weighted by atomic mass is 9.89. The smallest absolute Gasteiger partial charge is 0.412 e. The van der Waals surface area contributed by atoms with Crippen molar-refractivity contribution >= 4 is 142 Å². The molecule has 5 amide bonds. The van der Waals surface area contributed by atoms with Gasteiger partial charge in [-0.25, -0.2) is 48.3 Å². The van der Waals surface area contributed by atoms with Crippen molar-refractivity contribution in [1.82, 2.24) is 49.7 Å². The number of nitrogens with two attached hydrogens (primary N) is 2. The van der Waals surface area contributed by atoms with Gasteiger partial charge in [0.05, 0.1) is 44.2 Å². The number of halogens is 2. The Kier molecular flexibility index (Phi) is 25.8. The summed E-state index contributed by atoms with van der Waals surface area (Å²) in [6.45, 7) is -6.34. The zero-order valence-electron chi connectivity index (χ0n) is 50.7. The number of amides is 5. The molecule has 8 heterocycles. The number of alkyl halides is 2. The van der Waals surface area contributed by atoms with E-state index in [4.69, 9.17) is 77.0 Å². The van der Waals surface area contributed by atoms with Crippen molar-refractivity contribution < 1.29 is 89.2 Å². The van der Waals surface area contributed by atoms with Crippen molar-refractivity contribution in [2.45, 2.75) is 133 Å². The van der Waals surface area contributed by atoms with Gasteiger partial charge in [0.15, 0.2) is 59.0 Å². The molecule has 40 heteroatoms. The van der Waals surface area contributed by atoms with Gasteiger partial charge in [0.1, 0.15) is 55.8 Å². The number of carbonyl (C=O) groups excluding carboxylic acids is 6. The maximum atomic E-state index is 16.7. The number of nitrogen functional groups attached to an aromatic ring is 1. The number of unbranched alkanes of at least 4 members (excludes halogenated alkanes) is 2. The molecule has 4 saturated heterocycles. The van der Waals surface area contributed by atoms with Gasteiger partial charge in [-0.15, -0.1) is 23.5 Å². The first-order valence-electron chi connectivity index (χ1n) is 29.7. The summed E-state index contributed by atoms with van der Waals surface area (Å²) in [5.41, 5.74) is 13.3. The number of benzene rings is 1. The van der Waals surface area contributed by atoms with Crippen LogP contribution in [0.15, 0.2) is 54.7 Å². The highest BCUT2D eigenvalue weighted by Crippen LogP contribution is 2.55. The Balaban J connectivity index is 0.708. The van der Waals surface area contributed by atoms with Crippen LogP contribution >= 0.6 is 37.0 Å². The van der Waals surface area contributed by atoms with Crippen LogP contribution in [-0.2, 0) is 91.3 Å². The number of ether oxygens (including phenoxy) is 4. The molecule has 4 fully saturated rings. The molecule has 0 spiro atoms. The number of oxime groups is 1. The number of aromatic nitrogens is 8. The molecular formula is C54H71F2N15O17P2S4. The lowest BCUT2D eigenvalue weighted by molar-refractivity contribution is -0.145. The molecule has 10 N–H and O–H groups in total. The van der Waals surface area contributed by atoms with Crippen molar-refractivity contribution in [2.75, 3.05) is 65.9 Å². The number of urea groups is 1. The van der Waals surface area contributed by atoms with Crippen LogP contribution in [0.25, 0.3) is 22.3 Å². The Labute approximate surface area is 555 Å². The van der Waals surface area contributed by atoms with E-state index < -0.39 is 112 Å². The topological polar surface area (TPSA) is 426 Å². The number of ketones is 1. The van der Waals surface area contributed by atoms with Crippen molar-refractivity contribution in [3.63, 3.8) is 0 Å². The maximum absolute atomic E-state index is 16.7. The van der Waals surface area contributed by atoms with Crippen LogP contribution < -0.4 is 32.7 Å². The van der Waals surface area contributed by atoms with Crippen LogP contribution in [0.4, 0.5) is 35.7 Å². The number of esters is 1. The Hall–Kier alpha value is -6.25. The van der Waals surface area contributed by atoms with Gasteiger partial charge in [0.25, 0.3) is 0 Å². The van der Waals surface area contributed by atoms with Gasteiger partial charge in [-0.2, -0.15) is 0 Å². The van der Waals surface area contributed by atoms with E-state index in [1.54, 1.807) is 47.8 Å². The van der Waals surface area contributed by atoms with E-state index in [2.05, 4.69) is 56.3 Å². The summed E-state index contributed by atoms with van der Waals surface area (Å²) in [4.78, 5) is 130. The van der Waals surface area contributed by atoms with E-state index >= 15 is 8.78 Å². The highest BCUT2D eigenvalue weighted by molar-refractivity contribution is 8.17. The van der Waals surface area contributed by atoms with E-state index in [1.165, 1.54) is 10.9 Å². The molecule has 4 aromatic heterocycles. The number of rotatable bonds is 27. The second kappa shape index (κ2) is 33.6. The molecule has 1 aromatic carbocycles. The number of carbonyl (C=O) groups is 6. The van der Waals surface area contributed by atoms with Crippen LogP contribution in [0.5, 0.6) is 0 Å². The van der Waals surface area contributed by atoms with E-state index in [9.17, 15) is 38.6 Å². The SMILES string of the molecule is CC(C)[C@H](NC(=O)CCCCCON=C1CSCSC1)C(=O)C[C@@H](CCCNC(N)=O)C(=O)Nc1ccc(COC(=O)CCCOC(=O)Nc2ncnc3c2ncn3[C@@H]2O[C@@H]3COP(O)(=S)O[C@H]4[C@@H](F)[C@H](n5cnc6c(N)ncnc65)O[C@@H]4COP(O)(=S)O[C@H]3[C@H]2F)cc1. The first-order chi connectivity index (χ1) is 45.0. The zero-order valence-corrected chi connectivity index (χ0v) is 55.7. The average molecular weight is 1430 g/mol. The van der Waals surface area contributed by atoms with E-state index in [-0.39, 0.29) is 103 Å². The second-order valence-electron chi connectivity index (χ2n) is 22.2. The van der Waals surface area contributed by atoms with Crippen molar-refractivity contribution in [3.8, 4) is 0 Å². The molecule has 12 atom stereocenters. The molecular weight excluding hydrogens is 1360 g/mol. The predicted molar refractivity (Wildman–Crippen MR) is 345 cm³/mol. The van der Waals surface area contributed by atoms with Gasteiger partial charge in [0, 0.05) is 54.0 Å². The van der Waals surface area contributed by atoms with E-state index in [0.29, 0.717) is 30.7 Å². The molecule has 0 aliphatic carbocycles. The Bertz CT molecular complexity index is 3620. The van der Waals surface area contributed by atoms with Crippen LogP contribution in [0, 0.1) is 11.8 Å². The lowest BCUT2D eigenvalue weighted by Crippen LogP contribution is -2.45. The van der Waals surface area contributed by atoms with Gasteiger partial charge in [-0.1, -0.05) is 31.1 Å². The number of imidazole rings is 2. The highest BCUT2D eigenvalue weighted by Gasteiger charge is 2.54. The predicted octanol–water partition coefficient (Wildman–Crippen LogP) is 5.52. The van der Waals surface area contributed by atoms with Crippen molar-refractivity contribution in [1.29, 1.82) is 0 Å². The molecule has 94 heavy (non-hydrogen) atoms. The summed E-state index contributed by atoms with van der Waals surface area (Å²) < 4.78 is 80.5. The number of thioether (sulfide) groups is 2. The zero-order chi connectivity index (χ0) is 67.1. The number of Topliss-reactive ketones (excluding diaryl/α,β-unsaturated/α-hetero) is 1. The summed E-state index contributed by atoms with van der Waals surface area (Å²) in [7, 11) is 0. The van der Waals surface area contributed by atoms with Gasteiger partial charge >= 0.3 is 31.5 Å². The van der Waals surface area contributed by atoms with Gasteiger partial charge in [-0.3, -0.25) is 42.7 Å². The van der Waals surface area contributed by atoms with Crippen LogP contribution in [-0.4, -0.2) is 183 Å². The number of hydrogen-bond acceptors (Lipinski definition) is 27. The first-order valence-corrected chi connectivity index (χ1v) is 37.2. The van der Waals surface area contributed by atoms with Gasteiger partial charge < -0.3 is 70.0 Å². The maximum Gasteiger partial charge on any atom is 0.412 e. The van der Waals surface area contributed by atoms with E-state index in [1.807, 2.05) is 13.8 Å². The summed E-state index contributed by atoms with van der Waals surface area (Å²) in [5.74, 6) is -1.12. The summed E-state index contributed by atoms with van der Waals surface area (Å²) in [6.07, 6.45) is -7.52. The standard InChI is InChI=1S/C54H71F2N15O17P2S4/c1-29(2)41(67-37(73)9-4-3-5-17-82-69-33-22-93-28-94-23-33)34(72)18-31(8-6-15-59-53(58)76)50(75)66-32-13-11-30(12-14-32)19-81-38(74)10-7-16-80-54(77)68-47-43-49(63-25-61-47)71(27-65-43)52-40(56)45-36(86-52)21-84-89(78,91)87-44-35(20-83-90(79,92)88-45)85-51(39(44)55)70-26-64-42-46(57)60-24-62-48(42)70/h11-14,24-27,29,31,35-36,39-41,44-45,51-52H,3-10,15-23,28H2,1-2H3,(H,66,75)(H,67,73)(H,78,91)(H,79,92)(H2,57,60,62)(H3,58,59,76)(H,61,63,68,77)/t31-,35-,36-,39-,40-,41+,44-,45-,51-,52-,89?,90?/m1/s1. The van der Waals surface area contributed by atoms with Crippen molar-refractivity contribution in [2.24, 2.45) is 22.7 Å². The molecule has 4 aliphatic rings. The number of nitrogens with zero attached hydrogens (tertiary/aromatic N) is 9. The minimum absolute atomic E-state index is 0.0188. The van der Waals surface area contributed by atoms with Gasteiger partial charge in [-0.05, 0) is 85.8 Å². The minimum Gasteiger partial charge on any atom is -0.461 e. The molecule has 2 unspecified atom stereocenters. The van der Waals surface area contributed by atoms with Crippen LogP contribution in [0.2, 0.25) is 0 Å². The molecule has 32 nitrogen and oxygen atoms in total. The Morgan fingerprint density at radius 1 is 0.787 bits per heavy atom. The molecule has 0 radical (unpaired) electrons. The third-order valence-electron chi connectivity index (χ3n) is 15.0.